The second-order valence-electron chi connectivity index (χ2n) is 7.98. The maximum absolute atomic E-state index is 13.0. The van der Waals surface area contributed by atoms with Crippen molar-refractivity contribution in [1.82, 2.24) is 14.4 Å². The van der Waals surface area contributed by atoms with E-state index >= 15 is 0 Å². The first-order valence-corrected chi connectivity index (χ1v) is 9.51. The molecule has 6 nitrogen and oxygen atoms in total. The fraction of sp³-hybridized carbons (Fsp3) is 0.524. The van der Waals surface area contributed by atoms with Crippen LogP contribution in [-0.4, -0.2) is 65.7 Å². The summed E-state index contributed by atoms with van der Waals surface area (Å²) in [5, 5.41) is 10.6. The van der Waals surface area contributed by atoms with E-state index in [-0.39, 0.29) is 30.5 Å². The molecule has 1 N–H and O–H groups in total. The molecule has 1 amide bonds. The van der Waals surface area contributed by atoms with Crippen LogP contribution in [0.1, 0.15) is 12.0 Å². The van der Waals surface area contributed by atoms with E-state index in [1.54, 1.807) is 10.6 Å². The number of rotatable bonds is 5. The number of carbonyl (C=O) groups is 1. The minimum atomic E-state index is -0.153. The van der Waals surface area contributed by atoms with Gasteiger partial charge in [0, 0.05) is 37.7 Å². The Bertz CT molecular complexity index is 875. The molecule has 27 heavy (non-hydrogen) atoms. The molecule has 1 saturated heterocycles. The zero-order chi connectivity index (χ0) is 19.6. The number of para-hydroxylation sites is 1. The summed E-state index contributed by atoms with van der Waals surface area (Å²) in [4.78, 5) is 29.5. The quantitative estimate of drug-likeness (QED) is 0.861. The van der Waals surface area contributed by atoms with Crippen molar-refractivity contribution in [1.29, 1.82) is 0 Å². The molecule has 6 heteroatoms. The molecule has 0 saturated carbocycles. The molecular weight excluding hydrogens is 342 g/mol. The first-order chi connectivity index (χ1) is 12.9. The van der Waals surface area contributed by atoms with Crippen LogP contribution < -0.4 is 5.56 Å². The van der Waals surface area contributed by atoms with Crippen LogP contribution in [0.3, 0.4) is 0 Å². The van der Waals surface area contributed by atoms with Crippen LogP contribution in [0.4, 0.5) is 0 Å². The van der Waals surface area contributed by atoms with E-state index in [0.29, 0.717) is 19.0 Å². The van der Waals surface area contributed by atoms with Gasteiger partial charge in [-0.05, 0) is 50.9 Å². The Morgan fingerprint density at radius 3 is 2.63 bits per heavy atom. The molecule has 2 aromatic rings. The Balaban J connectivity index is 1.84. The number of fused-ring (bicyclic) bond motifs is 1. The third kappa shape index (κ3) is 4.39. The topological polar surface area (TPSA) is 65.8 Å². The summed E-state index contributed by atoms with van der Waals surface area (Å²) in [6, 6.07) is 9.28. The van der Waals surface area contributed by atoms with Crippen LogP contribution >= 0.6 is 0 Å². The highest BCUT2D eigenvalue weighted by atomic mass is 16.3. The van der Waals surface area contributed by atoms with Crippen LogP contribution in [0.5, 0.6) is 0 Å². The maximum atomic E-state index is 13.0. The predicted octanol–water partition coefficient (Wildman–Crippen LogP) is 1.33. The molecule has 0 unspecified atom stereocenters. The van der Waals surface area contributed by atoms with Crippen molar-refractivity contribution in [3.63, 3.8) is 0 Å². The van der Waals surface area contributed by atoms with Crippen molar-refractivity contribution in [3.8, 4) is 0 Å². The first-order valence-electron chi connectivity index (χ1n) is 9.51. The van der Waals surface area contributed by atoms with E-state index in [2.05, 4.69) is 4.90 Å². The lowest BCUT2D eigenvalue weighted by molar-refractivity contribution is -0.135. The van der Waals surface area contributed by atoms with Crippen molar-refractivity contribution in [2.45, 2.75) is 19.9 Å². The number of amides is 1. The number of hydrogen-bond donors (Lipinski definition) is 1. The standard InChI is InChI=1S/C21H29N3O3/c1-15-8-20(26)24(19-7-5-4-6-18(15)19)13-21(27)23-11-16(10-22(2)3)9-17(12-23)14-25/h4-8,16-17,25H,9-14H2,1-3H3/t16-,17+/m1/s1. The van der Waals surface area contributed by atoms with Gasteiger partial charge in [-0.25, -0.2) is 0 Å². The molecule has 0 bridgehead atoms. The van der Waals surface area contributed by atoms with Gasteiger partial charge in [-0.15, -0.1) is 0 Å². The van der Waals surface area contributed by atoms with Crippen LogP contribution in [0, 0.1) is 18.8 Å². The number of aliphatic hydroxyl groups excluding tert-OH is 1. The Morgan fingerprint density at radius 2 is 1.93 bits per heavy atom. The third-order valence-corrected chi connectivity index (χ3v) is 5.38. The highest BCUT2D eigenvalue weighted by Crippen LogP contribution is 2.23. The number of pyridine rings is 1. The molecule has 0 radical (unpaired) electrons. The molecular formula is C21H29N3O3. The molecule has 2 atom stereocenters. The molecule has 1 aromatic carbocycles. The van der Waals surface area contributed by atoms with Gasteiger partial charge in [-0.2, -0.15) is 0 Å². The lowest BCUT2D eigenvalue weighted by Gasteiger charge is -2.38. The lowest BCUT2D eigenvalue weighted by atomic mass is 9.89. The minimum Gasteiger partial charge on any atom is -0.396 e. The van der Waals surface area contributed by atoms with Gasteiger partial charge in [0.05, 0.1) is 5.52 Å². The molecule has 3 rings (SSSR count). The van der Waals surface area contributed by atoms with Gasteiger partial charge in [0.1, 0.15) is 6.54 Å². The van der Waals surface area contributed by atoms with Gasteiger partial charge >= 0.3 is 0 Å². The first kappa shape index (κ1) is 19.6. The third-order valence-electron chi connectivity index (χ3n) is 5.38. The van der Waals surface area contributed by atoms with Gasteiger partial charge < -0.3 is 14.9 Å². The number of aryl methyl sites for hydroxylation is 1. The Morgan fingerprint density at radius 1 is 1.22 bits per heavy atom. The van der Waals surface area contributed by atoms with Crippen LogP contribution in [0.15, 0.2) is 35.1 Å². The lowest BCUT2D eigenvalue weighted by Crippen LogP contribution is -2.48. The highest BCUT2D eigenvalue weighted by Gasteiger charge is 2.30. The van der Waals surface area contributed by atoms with Gasteiger partial charge in [-0.3, -0.25) is 14.2 Å². The molecule has 1 aliphatic heterocycles. The number of carbonyl (C=O) groups excluding carboxylic acids is 1. The van der Waals surface area contributed by atoms with Crippen molar-refractivity contribution < 1.29 is 9.90 Å². The average Bonchev–Trinajstić information content (AvgIpc) is 2.64. The summed E-state index contributed by atoms with van der Waals surface area (Å²) in [6.07, 6.45) is 0.922. The second kappa shape index (κ2) is 8.23. The number of likely N-dealkylation sites (tertiary alicyclic amines) is 1. The van der Waals surface area contributed by atoms with Gasteiger partial charge in [0.25, 0.3) is 5.56 Å². The number of nitrogens with zero attached hydrogens (tertiary/aromatic N) is 3. The maximum Gasteiger partial charge on any atom is 0.251 e. The van der Waals surface area contributed by atoms with Crippen LogP contribution in [-0.2, 0) is 11.3 Å². The molecule has 0 spiro atoms. The number of aliphatic hydroxyl groups is 1. The SMILES string of the molecule is Cc1cc(=O)n(CC(=O)N2C[C@@H](CN(C)C)C[C@H](CO)C2)c2ccccc12. The molecule has 0 aliphatic carbocycles. The number of piperidine rings is 1. The number of aromatic nitrogens is 1. The minimum absolute atomic E-state index is 0.0342. The smallest absolute Gasteiger partial charge is 0.251 e. The molecule has 2 heterocycles. The molecule has 1 aromatic heterocycles. The fourth-order valence-corrected chi connectivity index (χ4v) is 4.20. The second-order valence-corrected chi connectivity index (χ2v) is 7.98. The highest BCUT2D eigenvalue weighted by molar-refractivity contribution is 5.84. The van der Waals surface area contributed by atoms with Crippen LogP contribution in [0.25, 0.3) is 10.9 Å². The molecule has 1 fully saturated rings. The summed E-state index contributed by atoms with van der Waals surface area (Å²) in [6.45, 7) is 4.14. The van der Waals surface area contributed by atoms with Crippen LogP contribution in [0.2, 0.25) is 0 Å². The molecule has 146 valence electrons. The van der Waals surface area contributed by atoms with Crippen molar-refractivity contribution in [2.75, 3.05) is 40.3 Å². The van der Waals surface area contributed by atoms with Gasteiger partial charge in [0.15, 0.2) is 0 Å². The number of benzene rings is 1. The zero-order valence-corrected chi connectivity index (χ0v) is 16.4. The Labute approximate surface area is 160 Å². The monoisotopic (exact) mass is 371 g/mol. The largest absolute Gasteiger partial charge is 0.396 e. The van der Waals surface area contributed by atoms with Gasteiger partial charge in [0.2, 0.25) is 5.91 Å². The predicted molar refractivity (Wildman–Crippen MR) is 107 cm³/mol. The fourth-order valence-electron chi connectivity index (χ4n) is 4.20. The normalized spacial score (nSPS) is 20.4. The number of hydrogen-bond acceptors (Lipinski definition) is 4. The summed E-state index contributed by atoms with van der Waals surface area (Å²) in [5.74, 6) is 0.369. The summed E-state index contributed by atoms with van der Waals surface area (Å²) in [7, 11) is 4.04. The summed E-state index contributed by atoms with van der Waals surface area (Å²) < 4.78 is 1.56. The summed E-state index contributed by atoms with van der Waals surface area (Å²) in [5.41, 5.74) is 1.56. The van der Waals surface area contributed by atoms with E-state index < -0.39 is 0 Å². The van der Waals surface area contributed by atoms with E-state index in [0.717, 1.165) is 29.4 Å². The van der Waals surface area contributed by atoms with E-state index in [9.17, 15) is 14.7 Å². The zero-order valence-electron chi connectivity index (χ0n) is 16.4. The molecule has 1 aliphatic rings. The summed E-state index contributed by atoms with van der Waals surface area (Å²) >= 11 is 0. The Hall–Kier alpha value is -2.18. The van der Waals surface area contributed by atoms with Crippen molar-refractivity contribution in [2.24, 2.45) is 11.8 Å². The van der Waals surface area contributed by atoms with Crippen molar-refractivity contribution >= 4 is 16.8 Å². The Kier molecular flexibility index (Phi) is 5.97. The van der Waals surface area contributed by atoms with E-state index in [1.807, 2.05) is 50.2 Å². The van der Waals surface area contributed by atoms with Gasteiger partial charge in [-0.1, -0.05) is 18.2 Å². The van der Waals surface area contributed by atoms with E-state index in [4.69, 9.17) is 0 Å². The van der Waals surface area contributed by atoms with Crippen molar-refractivity contribution in [3.05, 3.63) is 46.2 Å². The average molecular weight is 371 g/mol. The van der Waals surface area contributed by atoms with E-state index in [1.165, 1.54) is 0 Å².